The summed E-state index contributed by atoms with van der Waals surface area (Å²) in [7, 11) is 0. The van der Waals surface area contributed by atoms with Gasteiger partial charge in [0.2, 0.25) is 0 Å². The molecule has 2 aromatic rings. The van der Waals surface area contributed by atoms with E-state index < -0.39 is 0 Å². The van der Waals surface area contributed by atoms with Gasteiger partial charge in [-0.15, -0.1) is 29.0 Å². The molecule has 0 aliphatic heterocycles. The van der Waals surface area contributed by atoms with E-state index in [0.29, 0.717) is 0 Å². The van der Waals surface area contributed by atoms with E-state index in [1.165, 1.54) is 21.9 Å². The third kappa shape index (κ3) is 1.56. The Bertz CT molecular complexity index is 349. The molecule has 60 valence electrons. The number of hydrogen-bond acceptors (Lipinski definition) is 0. The molecule has 0 amide bonds. The Morgan fingerprint density at radius 1 is 1.08 bits per heavy atom. The van der Waals surface area contributed by atoms with E-state index in [9.17, 15) is 0 Å². The number of benzene rings is 1. The monoisotopic (exact) mass is 233 g/mol. The van der Waals surface area contributed by atoms with Crippen LogP contribution in [0.3, 0.4) is 0 Å². The van der Waals surface area contributed by atoms with E-state index in [2.05, 4.69) is 44.2 Å². The fraction of sp³-hybridized carbons (Fsp3) is 0.182. The molecule has 0 aliphatic rings. The molecular weight excluding hydrogens is 223 g/mol. The van der Waals surface area contributed by atoms with Crippen LogP contribution in [0.5, 0.6) is 0 Å². The molecule has 12 heavy (non-hydrogen) atoms. The molecule has 0 spiro atoms. The zero-order valence-electron chi connectivity index (χ0n) is 7.39. The molecule has 0 N–H and O–H groups in total. The Morgan fingerprint density at radius 3 is 2.50 bits per heavy atom. The maximum Gasteiger partial charge on any atom is 0 e. The standard InChI is InChI=1S/C11H11.Zr/c1-8-6-10-4-3-5-11(10)7-9(8)2;/h3-7H,1-2H3;/q-1;. The Balaban J connectivity index is 0.000000720. The van der Waals surface area contributed by atoms with Gasteiger partial charge in [-0.2, -0.15) is 12.1 Å². The summed E-state index contributed by atoms with van der Waals surface area (Å²) in [5, 5.41) is 2.71. The maximum absolute atomic E-state index is 2.24. The van der Waals surface area contributed by atoms with Gasteiger partial charge >= 0.3 is 0 Å². The van der Waals surface area contributed by atoms with Crippen LogP contribution in [0.15, 0.2) is 30.3 Å². The fourth-order valence-corrected chi connectivity index (χ4v) is 1.40. The van der Waals surface area contributed by atoms with Crippen molar-refractivity contribution in [1.29, 1.82) is 0 Å². The molecule has 0 atom stereocenters. The van der Waals surface area contributed by atoms with Crippen LogP contribution in [0.1, 0.15) is 11.1 Å². The van der Waals surface area contributed by atoms with Gasteiger partial charge in [0.25, 0.3) is 0 Å². The predicted octanol–water partition coefficient (Wildman–Crippen LogP) is 3.17. The van der Waals surface area contributed by atoms with Gasteiger partial charge in [0.1, 0.15) is 0 Å². The molecule has 1 heteroatoms. The van der Waals surface area contributed by atoms with E-state index in [4.69, 9.17) is 0 Å². The van der Waals surface area contributed by atoms with Crippen molar-refractivity contribution in [3.05, 3.63) is 41.5 Å². The third-order valence-corrected chi connectivity index (χ3v) is 2.25. The van der Waals surface area contributed by atoms with E-state index in [1.54, 1.807) is 0 Å². The molecule has 0 aromatic heterocycles. The van der Waals surface area contributed by atoms with Crippen molar-refractivity contribution in [2.24, 2.45) is 0 Å². The molecule has 0 heterocycles. The van der Waals surface area contributed by atoms with Crippen molar-refractivity contribution >= 4 is 10.8 Å². The van der Waals surface area contributed by atoms with Gasteiger partial charge in [-0.25, -0.2) is 0 Å². The van der Waals surface area contributed by atoms with E-state index >= 15 is 0 Å². The topological polar surface area (TPSA) is 0 Å². The predicted molar refractivity (Wildman–Crippen MR) is 49.0 cm³/mol. The first-order valence-electron chi connectivity index (χ1n) is 3.90. The minimum atomic E-state index is 0. The second-order valence-electron chi connectivity index (χ2n) is 3.09. The quantitative estimate of drug-likeness (QED) is 0.614. The summed E-state index contributed by atoms with van der Waals surface area (Å²) in [5.74, 6) is 0. The van der Waals surface area contributed by atoms with E-state index in [0.717, 1.165) is 0 Å². The van der Waals surface area contributed by atoms with Crippen LogP contribution in [0, 0.1) is 13.8 Å². The molecule has 0 nitrogen and oxygen atoms in total. The SMILES string of the molecule is Cc1cc2cc[cH-]c2cc1C.[Zr]. The number of fused-ring (bicyclic) bond motifs is 1. The van der Waals surface area contributed by atoms with Crippen molar-refractivity contribution in [2.75, 3.05) is 0 Å². The van der Waals surface area contributed by atoms with Crippen LogP contribution in [0.2, 0.25) is 0 Å². The van der Waals surface area contributed by atoms with Crippen molar-refractivity contribution < 1.29 is 26.2 Å². The second-order valence-corrected chi connectivity index (χ2v) is 3.09. The van der Waals surface area contributed by atoms with Crippen molar-refractivity contribution in [3.63, 3.8) is 0 Å². The summed E-state index contributed by atoms with van der Waals surface area (Å²) in [6, 6.07) is 10.9. The molecule has 0 saturated carbocycles. The Morgan fingerprint density at radius 2 is 1.75 bits per heavy atom. The first-order valence-corrected chi connectivity index (χ1v) is 3.90. The minimum Gasteiger partial charge on any atom is -0.168 e. The van der Waals surface area contributed by atoms with Crippen molar-refractivity contribution in [2.45, 2.75) is 13.8 Å². The van der Waals surface area contributed by atoms with Crippen LogP contribution < -0.4 is 0 Å². The summed E-state index contributed by atoms with van der Waals surface area (Å²) < 4.78 is 0. The Hall–Kier alpha value is -0.287. The molecular formula is C11H11Zr-. The summed E-state index contributed by atoms with van der Waals surface area (Å²) in [5.41, 5.74) is 2.76. The van der Waals surface area contributed by atoms with Crippen LogP contribution in [-0.4, -0.2) is 0 Å². The molecule has 0 radical (unpaired) electrons. The zero-order chi connectivity index (χ0) is 7.84. The van der Waals surface area contributed by atoms with Crippen molar-refractivity contribution in [3.8, 4) is 0 Å². The molecule has 0 aliphatic carbocycles. The summed E-state index contributed by atoms with van der Waals surface area (Å²) in [6.45, 7) is 4.31. The fourth-order valence-electron chi connectivity index (χ4n) is 1.40. The van der Waals surface area contributed by atoms with Crippen LogP contribution in [0.4, 0.5) is 0 Å². The van der Waals surface area contributed by atoms with Gasteiger partial charge < -0.3 is 0 Å². The molecule has 2 aromatic carbocycles. The number of aryl methyl sites for hydroxylation is 2. The van der Waals surface area contributed by atoms with Crippen LogP contribution in [-0.2, 0) is 26.2 Å². The average Bonchev–Trinajstić information content (AvgIpc) is 2.36. The Kier molecular flexibility index (Phi) is 2.95. The van der Waals surface area contributed by atoms with Gasteiger partial charge in [-0.3, -0.25) is 0 Å². The smallest absolute Gasteiger partial charge is 0 e. The molecule has 0 saturated heterocycles. The first kappa shape index (κ1) is 9.80. The Labute approximate surface area is 92.1 Å². The molecule has 0 fully saturated rings. The van der Waals surface area contributed by atoms with Gasteiger partial charge in [0.05, 0.1) is 0 Å². The second kappa shape index (κ2) is 3.62. The molecule has 0 bridgehead atoms. The first-order chi connectivity index (χ1) is 5.27. The normalized spacial score (nSPS) is 9.83. The van der Waals surface area contributed by atoms with Gasteiger partial charge in [-0.05, 0) is 13.8 Å². The third-order valence-electron chi connectivity index (χ3n) is 2.25. The summed E-state index contributed by atoms with van der Waals surface area (Å²) in [4.78, 5) is 0. The zero-order valence-corrected chi connectivity index (χ0v) is 9.84. The summed E-state index contributed by atoms with van der Waals surface area (Å²) in [6.07, 6.45) is 0. The van der Waals surface area contributed by atoms with Gasteiger partial charge in [0.15, 0.2) is 0 Å². The average molecular weight is 234 g/mol. The summed E-state index contributed by atoms with van der Waals surface area (Å²) >= 11 is 0. The van der Waals surface area contributed by atoms with Crippen molar-refractivity contribution in [1.82, 2.24) is 0 Å². The van der Waals surface area contributed by atoms with Crippen LogP contribution in [0.25, 0.3) is 10.8 Å². The molecule has 0 unspecified atom stereocenters. The molecule has 2 rings (SSSR count). The number of hydrogen-bond donors (Lipinski definition) is 0. The number of rotatable bonds is 0. The van der Waals surface area contributed by atoms with Gasteiger partial charge in [0, 0.05) is 26.2 Å². The maximum atomic E-state index is 2.24. The van der Waals surface area contributed by atoms with Crippen LogP contribution >= 0.6 is 0 Å². The van der Waals surface area contributed by atoms with E-state index in [1.807, 2.05) is 0 Å². The minimum absolute atomic E-state index is 0. The van der Waals surface area contributed by atoms with Gasteiger partial charge in [-0.1, -0.05) is 11.1 Å². The largest absolute Gasteiger partial charge is 0.168 e. The van der Waals surface area contributed by atoms with E-state index in [-0.39, 0.29) is 26.2 Å².